The van der Waals surface area contributed by atoms with Crippen LogP contribution in [0.5, 0.6) is 0 Å². The molecule has 0 aliphatic carbocycles. The van der Waals surface area contributed by atoms with E-state index < -0.39 is 10.0 Å². The number of anilines is 1. The summed E-state index contributed by atoms with van der Waals surface area (Å²) in [4.78, 5) is 12.6. The zero-order valence-corrected chi connectivity index (χ0v) is 18.4. The van der Waals surface area contributed by atoms with Gasteiger partial charge in [-0.3, -0.25) is 9.48 Å². The van der Waals surface area contributed by atoms with Crippen LogP contribution in [-0.2, 0) is 26.1 Å². The van der Waals surface area contributed by atoms with Gasteiger partial charge in [0, 0.05) is 23.2 Å². The van der Waals surface area contributed by atoms with Crippen molar-refractivity contribution < 1.29 is 17.9 Å². The van der Waals surface area contributed by atoms with E-state index in [1.54, 1.807) is 19.9 Å². The van der Waals surface area contributed by atoms with Gasteiger partial charge in [0.25, 0.3) is 0 Å². The number of benzene rings is 1. The van der Waals surface area contributed by atoms with Gasteiger partial charge in [-0.15, -0.1) is 0 Å². The lowest BCUT2D eigenvalue weighted by atomic mass is 10.2. The molecule has 8 nitrogen and oxygen atoms in total. The highest BCUT2D eigenvalue weighted by Crippen LogP contribution is 2.24. The molecule has 1 aromatic carbocycles. The number of nitrogens with one attached hydrogen (secondary N) is 1. The van der Waals surface area contributed by atoms with Crippen LogP contribution in [-0.4, -0.2) is 54.7 Å². The quantitative estimate of drug-likeness (QED) is 0.722. The highest BCUT2D eigenvalue weighted by molar-refractivity contribution is 9.10. The summed E-state index contributed by atoms with van der Waals surface area (Å²) in [6.45, 7) is 6.56. The molecule has 2 aromatic rings. The monoisotopic (exact) mass is 470 g/mol. The lowest BCUT2D eigenvalue weighted by Gasteiger charge is -2.26. The summed E-state index contributed by atoms with van der Waals surface area (Å²) < 4.78 is 35.0. The van der Waals surface area contributed by atoms with Crippen molar-refractivity contribution in [1.82, 2.24) is 14.1 Å². The van der Waals surface area contributed by atoms with Gasteiger partial charge in [-0.1, -0.05) is 15.9 Å². The molecule has 1 saturated heterocycles. The van der Waals surface area contributed by atoms with Gasteiger partial charge in [-0.25, -0.2) is 8.42 Å². The molecule has 10 heteroatoms. The third-order valence-electron chi connectivity index (χ3n) is 4.62. The number of aromatic nitrogens is 2. The summed E-state index contributed by atoms with van der Waals surface area (Å²) in [5, 5.41) is 7.12. The second kappa shape index (κ2) is 8.32. The number of carbonyl (C=O) groups is 1. The molecule has 0 unspecified atom stereocenters. The summed E-state index contributed by atoms with van der Waals surface area (Å²) in [5.41, 5.74) is 2.51. The van der Waals surface area contributed by atoms with Crippen LogP contribution in [0.4, 0.5) is 5.69 Å². The van der Waals surface area contributed by atoms with Crippen LogP contribution in [0, 0.1) is 20.8 Å². The van der Waals surface area contributed by atoms with Crippen LogP contribution < -0.4 is 5.32 Å². The van der Waals surface area contributed by atoms with E-state index in [4.69, 9.17) is 4.74 Å². The number of aryl methyl sites for hydroxylation is 2. The molecule has 0 atom stereocenters. The molecule has 0 radical (unpaired) electrons. The Bertz CT molecular complexity index is 997. The van der Waals surface area contributed by atoms with E-state index in [0.717, 1.165) is 10.0 Å². The van der Waals surface area contributed by atoms with E-state index in [0.29, 0.717) is 43.4 Å². The van der Waals surface area contributed by atoms with Gasteiger partial charge in [0.15, 0.2) is 0 Å². The molecular formula is C18H23BrN4O4S. The molecule has 3 rings (SSSR count). The van der Waals surface area contributed by atoms with Crippen LogP contribution in [0.3, 0.4) is 0 Å². The van der Waals surface area contributed by atoms with Crippen molar-refractivity contribution in [2.24, 2.45) is 0 Å². The molecule has 28 heavy (non-hydrogen) atoms. The highest BCUT2D eigenvalue weighted by atomic mass is 79.9. The van der Waals surface area contributed by atoms with E-state index >= 15 is 0 Å². The standard InChI is InChI=1S/C18H23BrN4O4S/c1-12-10-15(4-5-16(12)19)20-17(24)11-23-14(3)18(13(2)21-23)28(25,26)22-6-8-27-9-7-22/h4-5,10H,6-9,11H2,1-3H3,(H,20,24). The first kappa shape index (κ1) is 21.0. The van der Waals surface area contributed by atoms with Gasteiger partial charge in [0.2, 0.25) is 15.9 Å². The van der Waals surface area contributed by atoms with Gasteiger partial charge in [0.05, 0.1) is 24.6 Å². The molecular weight excluding hydrogens is 448 g/mol. The molecule has 0 bridgehead atoms. The topological polar surface area (TPSA) is 93.5 Å². The molecule has 1 N–H and O–H groups in total. The Kier molecular flexibility index (Phi) is 6.23. The first-order valence-corrected chi connectivity index (χ1v) is 11.1. The number of ether oxygens (including phenoxy) is 1. The number of sulfonamides is 1. The Morgan fingerprint density at radius 1 is 1.25 bits per heavy atom. The summed E-state index contributed by atoms with van der Waals surface area (Å²) in [5.74, 6) is -0.275. The van der Waals surface area contributed by atoms with Gasteiger partial charge < -0.3 is 10.1 Å². The minimum absolute atomic E-state index is 0.0690. The SMILES string of the molecule is Cc1cc(NC(=O)Cn2nc(C)c(S(=O)(=O)N3CCOCC3)c2C)ccc1Br. The van der Waals surface area contributed by atoms with E-state index in [2.05, 4.69) is 26.3 Å². The predicted octanol–water partition coefficient (Wildman–Crippen LogP) is 2.23. The fourth-order valence-electron chi connectivity index (χ4n) is 3.18. The smallest absolute Gasteiger partial charge is 0.246 e. The number of halogens is 1. The average molecular weight is 471 g/mol. The van der Waals surface area contributed by atoms with Crippen LogP contribution in [0.15, 0.2) is 27.6 Å². The van der Waals surface area contributed by atoms with Gasteiger partial charge in [-0.2, -0.15) is 9.40 Å². The van der Waals surface area contributed by atoms with Crippen molar-refractivity contribution >= 4 is 37.5 Å². The van der Waals surface area contributed by atoms with Crippen molar-refractivity contribution in [2.75, 3.05) is 31.6 Å². The van der Waals surface area contributed by atoms with E-state index in [1.807, 2.05) is 19.1 Å². The third kappa shape index (κ3) is 4.29. The Labute approximate surface area is 173 Å². The molecule has 1 fully saturated rings. The molecule has 152 valence electrons. The molecule has 1 amide bonds. The number of rotatable bonds is 5. The number of hydrogen-bond acceptors (Lipinski definition) is 5. The van der Waals surface area contributed by atoms with Crippen LogP contribution in [0.2, 0.25) is 0 Å². The normalized spacial score (nSPS) is 15.6. The summed E-state index contributed by atoms with van der Waals surface area (Å²) in [7, 11) is -3.67. The Hall–Kier alpha value is -1.75. The number of nitrogens with zero attached hydrogens (tertiary/aromatic N) is 3. The first-order valence-electron chi connectivity index (χ1n) is 8.88. The van der Waals surface area contributed by atoms with Crippen molar-refractivity contribution in [2.45, 2.75) is 32.2 Å². The molecule has 2 heterocycles. The minimum atomic E-state index is -3.67. The zero-order valence-electron chi connectivity index (χ0n) is 16.0. The van der Waals surface area contributed by atoms with Crippen molar-refractivity contribution in [1.29, 1.82) is 0 Å². The summed E-state index contributed by atoms with van der Waals surface area (Å²) in [6, 6.07) is 5.52. The molecule has 1 aliphatic rings. The molecule has 0 saturated carbocycles. The molecule has 1 aromatic heterocycles. The summed E-state index contributed by atoms with van der Waals surface area (Å²) in [6.07, 6.45) is 0. The fraction of sp³-hybridized carbons (Fsp3) is 0.444. The maximum absolute atomic E-state index is 13.0. The first-order chi connectivity index (χ1) is 13.2. The van der Waals surface area contributed by atoms with E-state index in [1.165, 1.54) is 8.99 Å². The second-order valence-corrected chi connectivity index (χ2v) is 9.42. The molecule has 1 aliphatic heterocycles. The highest BCUT2D eigenvalue weighted by Gasteiger charge is 2.32. The zero-order chi connectivity index (χ0) is 20.5. The van der Waals surface area contributed by atoms with Crippen LogP contribution >= 0.6 is 15.9 Å². The van der Waals surface area contributed by atoms with Gasteiger partial charge in [0.1, 0.15) is 11.4 Å². The largest absolute Gasteiger partial charge is 0.379 e. The van der Waals surface area contributed by atoms with E-state index in [-0.39, 0.29) is 17.3 Å². The minimum Gasteiger partial charge on any atom is -0.379 e. The van der Waals surface area contributed by atoms with Crippen LogP contribution in [0.1, 0.15) is 17.0 Å². The van der Waals surface area contributed by atoms with Gasteiger partial charge in [-0.05, 0) is 44.5 Å². The molecule has 0 spiro atoms. The lowest BCUT2D eigenvalue weighted by molar-refractivity contribution is -0.116. The second-order valence-electron chi connectivity index (χ2n) is 6.69. The Morgan fingerprint density at radius 3 is 2.57 bits per heavy atom. The van der Waals surface area contributed by atoms with Crippen molar-refractivity contribution in [3.05, 3.63) is 39.6 Å². The Balaban J connectivity index is 1.79. The van der Waals surface area contributed by atoms with Crippen molar-refractivity contribution in [3.63, 3.8) is 0 Å². The van der Waals surface area contributed by atoms with Crippen molar-refractivity contribution in [3.8, 4) is 0 Å². The van der Waals surface area contributed by atoms with Gasteiger partial charge >= 0.3 is 0 Å². The average Bonchev–Trinajstić information content (AvgIpc) is 2.92. The fourth-order valence-corrected chi connectivity index (χ4v) is 5.21. The number of amides is 1. The van der Waals surface area contributed by atoms with E-state index in [9.17, 15) is 13.2 Å². The maximum Gasteiger partial charge on any atom is 0.246 e. The maximum atomic E-state index is 13.0. The third-order valence-corrected chi connectivity index (χ3v) is 7.66. The number of hydrogen-bond donors (Lipinski definition) is 1. The predicted molar refractivity (Wildman–Crippen MR) is 109 cm³/mol. The lowest BCUT2D eigenvalue weighted by Crippen LogP contribution is -2.41. The number of carbonyl (C=O) groups excluding carboxylic acids is 1. The van der Waals surface area contributed by atoms with Crippen LogP contribution in [0.25, 0.3) is 0 Å². The Morgan fingerprint density at radius 2 is 1.93 bits per heavy atom. The number of morpholine rings is 1. The summed E-state index contributed by atoms with van der Waals surface area (Å²) >= 11 is 3.43.